The molecule has 0 saturated carbocycles. The number of esters is 1. The van der Waals surface area contributed by atoms with Crippen molar-refractivity contribution in [2.45, 2.75) is 53.4 Å². The van der Waals surface area contributed by atoms with Crippen LogP contribution in [0, 0.1) is 19.8 Å². The molecular weight excluding hydrogens is 332 g/mol. The van der Waals surface area contributed by atoms with Crippen molar-refractivity contribution < 1.29 is 14.1 Å². The van der Waals surface area contributed by atoms with Crippen LogP contribution in [0.3, 0.4) is 0 Å². The Bertz CT molecular complexity index is 592. The van der Waals surface area contributed by atoms with Crippen molar-refractivity contribution in [3.05, 3.63) is 17.0 Å². The summed E-state index contributed by atoms with van der Waals surface area (Å²) in [6.45, 7) is 11.4. The summed E-state index contributed by atoms with van der Waals surface area (Å²) < 4.78 is 10.4. The number of hydrogen-bond donors (Lipinski definition) is 1. The number of aliphatic imine (C=N–C) groups is 1. The summed E-state index contributed by atoms with van der Waals surface area (Å²) in [4.78, 5) is 19.0. The molecule has 1 aliphatic rings. The monoisotopic (exact) mass is 364 g/mol. The fraction of sp³-hybridized carbons (Fsp3) is 0.737. The highest BCUT2D eigenvalue weighted by molar-refractivity contribution is 5.81. The van der Waals surface area contributed by atoms with Gasteiger partial charge in [0.2, 0.25) is 0 Å². The lowest BCUT2D eigenvalue weighted by Crippen LogP contribution is -2.48. The maximum atomic E-state index is 12.1. The first-order chi connectivity index (χ1) is 12.6. The Kier molecular flexibility index (Phi) is 7.94. The summed E-state index contributed by atoms with van der Waals surface area (Å²) >= 11 is 0. The molecule has 0 aromatic carbocycles. The van der Waals surface area contributed by atoms with Gasteiger partial charge in [0.15, 0.2) is 5.96 Å². The second-order valence-corrected chi connectivity index (χ2v) is 6.68. The van der Waals surface area contributed by atoms with E-state index in [4.69, 9.17) is 14.3 Å². The maximum Gasteiger partial charge on any atom is 0.310 e. The van der Waals surface area contributed by atoms with Crippen molar-refractivity contribution in [2.24, 2.45) is 10.9 Å². The summed E-state index contributed by atoms with van der Waals surface area (Å²) in [6.07, 6.45) is 3.72. The van der Waals surface area contributed by atoms with Crippen LogP contribution in [-0.4, -0.2) is 54.8 Å². The zero-order valence-electron chi connectivity index (χ0n) is 16.5. The van der Waals surface area contributed by atoms with Gasteiger partial charge in [0.25, 0.3) is 0 Å². The summed E-state index contributed by atoms with van der Waals surface area (Å²) in [7, 11) is 0. The van der Waals surface area contributed by atoms with Crippen molar-refractivity contribution in [3.8, 4) is 0 Å². The van der Waals surface area contributed by atoms with E-state index in [0.29, 0.717) is 13.2 Å². The van der Waals surface area contributed by atoms with Gasteiger partial charge in [0.1, 0.15) is 5.76 Å². The van der Waals surface area contributed by atoms with E-state index in [-0.39, 0.29) is 11.9 Å². The number of aromatic nitrogens is 1. The maximum absolute atomic E-state index is 12.1. The Balaban J connectivity index is 1.91. The molecule has 1 atom stereocenters. The van der Waals surface area contributed by atoms with Crippen molar-refractivity contribution in [1.82, 2.24) is 15.4 Å². The van der Waals surface area contributed by atoms with Gasteiger partial charge in [-0.1, -0.05) is 5.16 Å². The van der Waals surface area contributed by atoms with E-state index >= 15 is 0 Å². The van der Waals surface area contributed by atoms with Crippen LogP contribution in [-0.2, 0) is 16.0 Å². The van der Waals surface area contributed by atoms with E-state index in [9.17, 15) is 4.79 Å². The number of ether oxygens (including phenoxy) is 1. The molecule has 1 aromatic rings. The van der Waals surface area contributed by atoms with Crippen molar-refractivity contribution in [2.75, 3.05) is 32.8 Å². The number of carbonyl (C=O) groups excluding carboxylic acids is 1. The molecule has 1 aromatic heterocycles. The lowest BCUT2D eigenvalue weighted by Gasteiger charge is -2.34. The number of piperidine rings is 1. The third-order valence-electron chi connectivity index (χ3n) is 4.70. The number of carbonyl (C=O) groups is 1. The molecule has 1 N–H and O–H groups in total. The highest BCUT2D eigenvalue weighted by Crippen LogP contribution is 2.18. The Morgan fingerprint density at radius 2 is 2.23 bits per heavy atom. The molecule has 1 aliphatic heterocycles. The third-order valence-corrected chi connectivity index (χ3v) is 4.70. The number of guanidine groups is 1. The molecular formula is C19H32N4O3. The lowest BCUT2D eigenvalue weighted by molar-refractivity contribution is -0.149. The number of nitrogens with zero attached hydrogens (tertiary/aromatic N) is 3. The minimum absolute atomic E-state index is 0.0603. The topological polar surface area (TPSA) is 80.0 Å². The first kappa shape index (κ1) is 20.3. The Labute approximate surface area is 156 Å². The van der Waals surface area contributed by atoms with Gasteiger partial charge >= 0.3 is 5.97 Å². The summed E-state index contributed by atoms with van der Waals surface area (Å²) in [5.74, 6) is 1.63. The van der Waals surface area contributed by atoms with Gasteiger partial charge < -0.3 is 19.5 Å². The molecule has 2 rings (SSSR count). The van der Waals surface area contributed by atoms with E-state index in [0.717, 1.165) is 62.7 Å². The van der Waals surface area contributed by atoms with Crippen molar-refractivity contribution in [3.63, 3.8) is 0 Å². The molecule has 146 valence electrons. The van der Waals surface area contributed by atoms with Crippen LogP contribution >= 0.6 is 0 Å². The highest BCUT2D eigenvalue weighted by atomic mass is 16.5. The van der Waals surface area contributed by atoms with Crippen LogP contribution in [0.5, 0.6) is 0 Å². The molecule has 1 saturated heterocycles. The van der Waals surface area contributed by atoms with Gasteiger partial charge in [0, 0.05) is 31.7 Å². The fourth-order valence-electron chi connectivity index (χ4n) is 3.35. The molecule has 2 heterocycles. The van der Waals surface area contributed by atoms with E-state index in [1.54, 1.807) is 0 Å². The van der Waals surface area contributed by atoms with E-state index < -0.39 is 0 Å². The second kappa shape index (κ2) is 10.2. The first-order valence-corrected chi connectivity index (χ1v) is 9.68. The standard InChI is InChI=1S/C19H32N4O3/c1-5-20-19(21-11-7-10-17-14(3)22-26-15(17)4)23-12-8-9-16(13-23)18(24)25-6-2/h16H,5-13H2,1-4H3,(H,20,21)/t16-/m0/s1. The van der Waals surface area contributed by atoms with Crippen molar-refractivity contribution in [1.29, 1.82) is 0 Å². The van der Waals surface area contributed by atoms with Crippen LogP contribution < -0.4 is 5.32 Å². The second-order valence-electron chi connectivity index (χ2n) is 6.68. The largest absolute Gasteiger partial charge is 0.466 e. The Morgan fingerprint density at radius 3 is 2.88 bits per heavy atom. The average molecular weight is 364 g/mol. The van der Waals surface area contributed by atoms with Crippen LogP contribution in [0.1, 0.15) is 50.1 Å². The predicted molar refractivity (Wildman–Crippen MR) is 101 cm³/mol. The van der Waals surface area contributed by atoms with Gasteiger partial charge in [-0.05, 0) is 53.4 Å². The molecule has 0 aliphatic carbocycles. The van der Waals surface area contributed by atoms with Crippen LogP contribution in [0.2, 0.25) is 0 Å². The van der Waals surface area contributed by atoms with Crippen LogP contribution in [0.4, 0.5) is 0 Å². The van der Waals surface area contributed by atoms with Crippen LogP contribution in [0.15, 0.2) is 9.52 Å². The van der Waals surface area contributed by atoms with Gasteiger partial charge in [-0.2, -0.15) is 0 Å². The Hall–Kier alpha value is -2.05. The summed E-state index contributed by atoms with van der Waals surface area (Å²) in [6, 6.07) is 0. The SMILES string of the molecule is CCNC(=NCCCc1c(C)noc1C)N1CCC[C@H](C(=O)OCC)C1. The normalized spacial score (nSPS) is 18.1. The zero-order valence-corrected chi connectivity index (χ0v) is 16.5. The Morgan fingerprint density at radius 1 is 1.42 bits per heavy atom. The summed E-state index contributed by atoms with van der Waals surface area (Å²) in [5.41, 5.74) is 2.15. The number of aryl methyl sites for hydroxylation is 2. The number of nitrogens with one attached hydrogen (secondary N) is 1. The van der Waals surface area contributed by atoms with E-state index in [1.807, 2.05) is 20.8 Å². The lowest BCUT2D eigenvalue weighted by atomic mass is 9.98. The molecule has 7 heteroatoms. The number of rotatable bonds is 7. The molecule has 0 unspecified atom stereocenters. The average Bonchev–Trinajstić information content (AvgIpc) is 2.96. The molecule has 26 heavy (non-hydrogen) atoms. The quantitative estimate of drug-likeness (QED) is 0.346. The zero-order chi connectivity index (χ0) is 18.9. The first-order valence-electron chi connectivity index (χ1n) is 9.68. The molecule has 0 radical (unpaired) electrons. The van der Waals surface area contributed by atoms with Gasteiger partial charge in [-0.25, -0.2) is 0 Å². The molecule has 0 bridgehead atoms. The van der Waals surface area contributed by atoms with Gasteiger partial charge in [-0.3, -0.25) is 9.79 Å². The molecule has 7 nitrogen and oxygen atoms in total. The van der Waals surface area contributed by atoms with Crippen LogP contribution in [0.25, 0.3) is 0 Å². The predicted octanol–water partition coefficient (Wildman–Crippen LogP) is 2.46. The third kappa shape index (κ3) is 5.47. The van der Waals surface area contributed by atoms with Gasteiger partial charge in [-0.15, -0.1) is 0 Å². The molecule has 0 spiro atoms. The van der Waals surface area contributed by atoms with Crippen molar-refractivity contribution >= 4 is 11.9 Å². The molecule has 0 amide bonds. The van der Waals surface area contributed by atoms with E-state index in [1.165, 1.54) is 5.56 Å². The minimum Gasteiger partial charge on any atom is -0.466 e. The molecule has 1 fully saturated rings. The number of hydrogen-bond acceptors (Lipinski definition) is 5. The minimum atomic E-state index is -0.0912. The fourth-order valence-corrected chi connectivity index (χ4v) is 3.35. The smallest absolute Gasteiger partial charge is 0.310 e. The summed E-state index contributed by atoms with van der Waals surface area (Å²) in [5, 5.41) is 7.35. The van der Waals surface area contributed by atoms with Gasteiger partial charge in [0.05, 0.1) is 18.2 Å². The highest BCUT2D eigenvalue weighted by Gasteiger charge is 2.28. The van der Waals surface area contributed by atoms with E-state index in [2.05, 4.69) is 22.3 Å². The number of likely N-dealkylation sites (tertiary alicyclic amines) is 1.